The molecule has 0 heteroatoms. The summed E-state index contributed by atoms with van der Waals surface area (Å²) in [6.45, 7) is 23.1. The third-order valence-electron chi connectivity index (χ3n) is 9.16. The molecule has 3 aliphatic carbocycles. The number of allylic oxidation sites excluding steroid dienone is 6. The van der Waals surface area contributed by atoms with E-state index in [0.29, 0.717) is 11.3 Å². The summed E-state index contributed by atoms with van der Waals surface area (Å²) in [6, 6.07) is 0. The molecule has 0 N–H and O–H groups in total. The summed E-state index contributed by atoms with van der Waals surface area (Å²) in [5.74, 6) is 3.99. The molecular formula is C30H48. The van der Waals surface area contributed by atoms with Gasteiger partial charge in [-0.1, -0.05) is 57.9 Å². The van der Waals surface area contributed by atoms with Gasteiger partial charge in [-0.2, -0.15) is 0 Å². The highest BCUT2D eigenvalue weighted by Gasteiger charge is 2.50. The van der Waals surface area contributed by atoms with E-state index in [2.05, 4.69) is 60.8 Å². The fourth-order valence-corrected chi connectivity index (χ4v) is 7.50. The lowest BCUT2D eigenvalue weighted by molar-refractivity contribution is 0.0935. The van der Waals surface area contributed by atoms with Gasteiger partial charge in [0.15, 0.2) is 0 Å². The van der Waals surface area contributed by atoms with Crippen LogP contribution in [0.3, 0.4) is 0 Å². The summed E-state index contributed by atoms with van der Waals surface area (Å²) in [7, 11) is 0. The second kappa shape index (κ2) is 9.62. The molecule has 3 fully saturated rings. The largest absolute Gasteiger partial charge is 0.100 e. The van der Waals surface area contributed by atoms with Gasteiger partial charge in [-0.05, 0) is 123 Å². The Bertz CT molecular complexity index is 716. The summed E-state index contributed by atoms with van der Waals surface area (Å²) in [5, 5.41) is 0. The van der Waals surface area contributed by atoms with Gasteiger partial charge in [0.05, 0.1) is 0 Å². The molecule has 0 aromatic carbocycles. The van der Waals surface area contributed by atoms with Crippen molar-refractivity contribution in [3.8, 4) is 0 Å². The van der Waals surface area contributed by atoms with Crippen LogP contribution in [0, 0.1) is 35.0 Å². The summed E-state index contributed by atoms with van der Waals surface area (Å²) in [5.41, 5.74) is 8.14. The van der Waals surface area contributed by atoms with Crippen LogP contribution in [0.2, 0.25) is 0 Å². The van der Waals surface area contributed by atoms with E-state index < -0.39 is 0 Å². The Morgan fingerprint density at radius 1 is 1.23 bits per heavy atom. The molecule has 0 radical (unpaired) electrons. The van der Waals surface area contributed by atoms with Gasteiger partial charge in [0.1, 0.15) is 0 Å². The van der Waals surface area contributed by atoms with E-state index in [0.717, 1.165) is 23.7 Å². The Morgan fingerprint density at radius 2 is 1.97 bits per heavy atom. The number of hydrogen-bond donors (Lipinski definition) is 0. The fraction of sp³-hybridized carbons (Fsp3) is 0.733. The third-order valence-corrected chi connectivity index (χ3v) is 9.16. The lowest BCUT2D eigenvalue weighted by Crippen LogP contribution is -2.36. The maximum Gasteiger partial charge on any atom is -0.0143 e. The van der Waals surface area contributed by atoms with Gasteiger partial charge in [0.25, 0.3) is 0 Å². The minimum Gasteiger partial charge on any atom is -0.100 e. The Hall–Kier alpha value is -1.04. The van der Waals surface area contributed by atoms with Crippen LogP contribution in [-0.4, -0.2) is 0 Å². The van der Waals surface area contributed by atoms with Crippen LogP contribution in [0.15, 0.2) is 47.1 Å². The number of hydrogen-bond acceptors (Lipinski definition) is 0. The molecule has 30 heavy (non-hydrogen) atoms. The predicted molar refractivity (Wildman–Crippen MR) is 133 cm³/mol. The van der Waals surface area contributed by atoms with E-state index in [1.165, 1.54) is 80.9 Å². The zero-order chi connectivity index (χ0) is 22.1. The molecule has 3 rings (SSSR count). The monoisotopic (exact) mass is 408 g/mol. The van der Waals surface area contributed by atoms with Crippen molar-refractivity contribution < 1.29 is 0 Å². The summed E-state index contributed by atoms with van der Waals surface area (Å²) in [6.07, 6.45) is 16.0. The first-order valence-corrected chi connectivity index (χ1v) is 12.9. The number of rotatable bonds is 6. The maximum absolute atomic E-state index is 4.49. The first-order chi connectivity index (χ1) is 14.1. The predicted octanol–water partition coefficient (Wildman–Crippen LogP) is 9.45. The highest BCUT2D eigenvalue weighted by Crippen LogP contribution is 2.60. The van der Waals surface area contributed by atoms with Crippen molar-refractivity contribution >= 4 is 0 Å². The van der Waals surface area contributed by atoms with Crippen LogP contribution in [0.5, 0.6) is 0 Å². The Morgan fingerprint density at radius 3 is 2.67 bits per heavy atom. The SMILES string of the molecule is C=C(C)CCC[C@@H](C)C1CCC2/C(=C/C(C)=C3/C[C@@H](C)C[C@H](C)C3=C)CCC[C@@]21C. The minimum absolute atomic E-state index is 0.516. The molecule has 0 heterocycles. The van der Waals surface area contributed by atoms with Crippen molar-refractivity contribution in [2.75, 3.05) is 0 Å². The molecule has 0 aromatic rings. The van der Waals surface area contributed by atoms with Crippen molar-refractivity contribution in [2.24, 2.45) is 35.0 Å². The molecule has 3 aliphatic rings. The zero-order valence-corrected chi connectivity index (χ0v) is 20.9. The topological polar surface area (TPSA) is 0 Å². The second-order valence-electron chi connectivity index (χ2n) is 11.8. The summed E-state index contributed by atoms with van der Waals surface area (Å²) >= 11 is 0. The van der Waals surface area contributed by atoms with Crippen molar-refractivity contribution in [1.82, 2.24) is 0 Å². The summed E-state index contributed by atoms with van der Waals surface area (Å²) < 4.78 is 0. The van der Waals surface area contributed by atoms with Gasteiger partial charge < -0.3 is 0 Å². The van der Waals surface area contributed by atoms with Gasteiger partial charge in [-0.25, -0.2) is 0 Å². The standard InChI is InChI=1S/C30H48/c1-20(2)11-9-12-22(4)28-14-15-29-26(13-10-16-30(28,29)8)19-24(6)27-18-21(3)17-23(5)25(27)7/h19,21-23,28-29H,1,7,9-18H2,2-6,8H3/b26-19+,27-24-/t21-,22+,23-,28?,29?,30+/m0/s1. The fourth-order valence-electron chi connectivity index (χ4n) is 7.50. The molecule has 2 unspecified atom stereocenters. The van der Waals surface area contributed by atoms with E-state index in [1.54, 1.807) is 11.1 Å². The van der Waals surface area contributed by atoms with Gasteiger partial charge in [0.2, 0.25) is 0 Å². The smallest absolute Gasteiger partial charge is 0.0143 e. The van der Waals surface area contributed by atoms with Crippen LogP contribution >= 0.6 is 0 Å². The van der Waals surface area contributed by atoms with E-state index in [9.17, 15) is 0 Å². The molecule has 0 amide bonds. The first-order valence-electron chi connectivity index (χ1n) is 12.9. The second-order valence-corrected chi connectivity index (χ2v) is 11.8. The first kappa shape index (κ1) is 23.6. The van der Waals surface area contributed by atoms with Crippen molar-refractivity contribution in [2.45, 2.75) is 106 Å². The van der Waals surface area contributed by atoms with Gasteiger partial charge in [-0.15, -0.1) is 6.58 Å². The van der Waals surface area contributed by atoms with Crippen molar-refractivity contribution in [3.05, 3.63) is 47.1 Å². The van der Waals surface area contributed by atoms with Crippen LogP contribution in [0.1, 0.15) is 106 Å². The molecule has 0 nitrogen and oxygen atoms in total. The average Bonchev–Trinajstić information content (AvgIpc) is 3.02. The van der Waals surface area contributed by atoms with Crippen LogP contribution in [0.4, 0.5) is 0 Å². The maximum atomic E-state index is 4.49. The van der Waals surface area contributed by atoms with Crippen LogP contribution < -0.4 is 0 Å². The van der Waals surface area contributed by atoms with Crippen LogP contribution in [-0.2, 0) is 0 Å². The van der Waals surface area contributed by atoms with Crippen molar-refractivity contribution in [3.63, 3.8) is 0 Å². The van der Waals surface area contributed by atoms with E-state index in [4.69, 9.17) is 0 Å². The molecule has 6 atom stereocenters. The van der Waals surface area contributed by atoms with E-state index >= 15 is 0 Å². The van der Waals surface area contributed by atoms with Crippen LogP contribution in [0.25, 0.3) is 0 Å². The van der Waals surface area contributed by atoms with Gasteiger partial charge >= 0.3 is 0 Å². The number of fused-ring (bicyclic) bond motifs is 1. The third kappa shape index (κ3) is 4.89. The minimum atomic E-state index is 0.516. The Balaban J connectivity index is 1.78. The quantitative estimate of drug-likeness (QED) is 0.384. The Labute approximate surface area is 188 Å². The van der Waals surface area contributed by atoms with Gasteiger partial charge in [-0.3, -0.25) is 0 Å². The van der Waals surface area contributed by atoms with Gasteiger partial charge in [0, 0.05) is 0 Å². The summed E-state index contributed by atoms with van der Waals surface area (Å²) in [4.78, 5) is 0. The average molecular weight is 409 g/mol. The molecule has 0 saturated heterocycles. The molecular weight excluding hydrogens is 360 g/mol. The normalized spacial score (nSPS) is 38.5. The lowest BCUT2D eigenvalue weighted by atomic mass is 9.60. The molecule has 168 valence electrons. The molecule has 0 spiro atoms. The van der Waals surface area contributed by atoms with Crippen molar-refractivity contribution in [1.29, 1.82) is 0 Å². The highest BCUT2D eigenvalue weighted by molar-refractivity contribution is 5.42. The molecule has 0 aromatic heterocycles. The molecule has 0 bridgehead atoms. The zero-order valence-electron chi connectivity index (χ0n) is 20.9. The molecule has 0 aliphatic heterocycles. The molecule has 3 saturated carbocycles. The Kier molecular flexibility index (Phi) is 7.57. The van der Waals surface area contributed by atoms with E-state index in [-0.39, 0.29) is 0 Å². The van der Waals surface area contributed by atoms with E-state index in [1.807, 2.05) is 0 Å². The lowest BCUT2D eigenvalue weighted by Gasteiger charge is -2.44. The highest BCUT2D eigenvalue weighted by atomic mass is 14.5.